The Kier molecular flexibility index (Phi) is 14.5. The molecule has 0 aliphatic carbocycles. The van der Waals surface area contributed by atoms with Crippen LogP contribution in [-0.4, -0.2) is 18.4 Å². The number of carbonyl (C=O) groups is 2. The molecule has 170 valence electrons. The molecule has 0 aliphatic rings. The second-order valence-corrected chi connectivity index (χ2v) is 8.52. The van der Waals surface area contributed by atoms with E-state index in [1.165, 1.54) is 57.8 Å². The molecule has 5 heteroatoms. The second-order valence-electron chi connectivity index (χ2n) is 8.52. The number of ether oxygens (including phenoxy) is 1. The number of hydrazine groups is 1. The molecule has 0 spiro atoms. The van der Waals surface area contributed by atoms with Crippen molar-refractivity contribution in [2.45, 2.75) is 97.8 Å². The van der Waals surface area contributed by atoms with Crippen molar-refractivity contribution in [2.24, 2.45) is 5.92 Å². The summed E-state index contributed by atoms with van der Waals surface area (Å²) in [4.78, 5) is 24.0. The predicted molar refractivity (Wildman–Crippen MR) is 123 cm³/mol. The molecule has 0 fully saturated rings. The fourth-order valence-electron chi connectivity index (χ4n) is 3.18. The van der Waals surface area contributed by atoms with Crippen molar-refractivity contribution in [3.63, 3.8) is 0 Å². The Morgan fingerprint density at radius 2 is 1.33 bits per heavy atom. The van der Waals surface area contributed by atoms with Gasteiger partial charge in [0, 0.05) is 12.0 Å². The van der Waals surface area contributed by atoms with Crippen molar-refractivity contribution in [3.8, 4) is 5.75 Å². The van der Waals surface area contributed by atoms with Gasteiger partial charge in [0.2, 0.25) is 5.91 Å². The summed E-state index contributed by atoms with van der Waals surface area (Å²) < 4.78 is 5.60. The van der Waals surface area contributed by atoms with Crippen molar-refractivity contribution in [2.75, 3.05) is 6.61 Å². The van der Waals surface area contributed by atoms with Crippen molar-refractivity contribution >= 4 is 11.8 Å². The molecule has 0 atom stereocenters. The zero-order valence-corrected chi connectivity index (χ0v) is 19.3. The van der Waals surface area contributed by atoms with Crippen molar-refractivity contribution in [3.05, 3.63) is 29.8 Å². The molecular weight excluding hydrogens is 376 g/mol. The highest BCUT2D eigenvalue weighted by molar-refractivity contribution is 5.95. The molecule has 2 N–H and O–H groups in total. The van der Waals surface area contributed by atoms with E-state index in [0.717, 1.165) is 18.6 Å². The van der Waals surface area contributed by atoms with Crippen LogP contribution in [0.5, 0.6) is 5.75 Å². The molecule has 0 aromatic heterocycles. The number of nitrogens with one attached hydrogen (secondary N) is 2. The van der Waals surface area contributed by atoms with E-state index < -0.39 is 0 Å². The number of hydrogen-bond donors (Lipinski definition) is 2. The zero-order chi connectivity index (χ0) is 22.0. The van der Waals surface area contributed by atoms with Gasteiger partial charge in [0.25, 0.3) is 5.91 Å². The van der Waals surface area contributed by atoms with E-state index in [4.69, 9.17) is 4.74 Å². The smallest absolute Gasteiger partial charge is 0.269 e. The Bertz CT molecular complexity index is 585. The van der Waals surface area contributed by atoms with E-state index in [9.17, 15) is 9.59 Å². The van der Waals surface area contributed by atoms with Crippen LogP contribution in [0.4, 0.5) is 0 Å². The molecule has 0 aliphatic heterocycles. The highest BCUT2D eigenvalue weighted by Crippen LogP contribution is 2.13. The van der Waals surface area contributed by atoms with Crippen molar-refractivity contribution in [1.82, 2.24) is 10.9 Å². The summed E-state index contributed by atoms with van der Waals surface area (Å²) in [6.07, 6.45) is 14.2. The lowest BCUT2D eigenvalue weighted by molar-refractivity contribution is -0.122. The van der Waals surface area contributed by atoms with E-state index in [1.807, 2.05) is 0 Å². The van der Waals surface area contributed by atoms with Crippen LogP contribution >= 0.6 is 0 Å². The molecule has 1 rings (SSSR count). The Hall–Kier alpha value is -2.04. The van der Waals surface area contributed by atoms with Gasteiger partial charge in [-0.2, -0.15) is 0 Å². The normalized spacial score (nSPS) is 10.8. The fraction of sp³-hybridized carbons (Fsp3) is 0.680. The lowest BCUT2D eigenvalue weighted by Crippen LogP contribution is -2.41. The monoisotopic (exact) mass is 418 g/mol. The molecule has 0 radical (unpaired) electrons. The maximum absolute atomic E-state index is 12.1. The van der Waals surface area contributed by atoms with Gasteiger partial charge in [-0.25, -0.2) is 0 Å². The number of hydrogen-bond acceptors (Lipinski definition) is 3. The first-order valence-electron chi connectivity index (χ1n) is 11.8. The average molecular weight is 419 g/mol. The van der Waals surface area contributed by atoms with E-state index in [0.29, 0.717) is 24.5 Å². The molecule has 0 unspecified atom stereocenters. The lowest BCUT2D eigenvalue weighted by atomic mass is 10.1. The Balaban J connectivity index is 2.05. The first kappa shape index (κ1) is 26.0. The van der Waals surface area contributed by atoms with Crippen molar-refractivity contribution < 1.29 is 14.3 Å². The molecule has 5 nitrogen and oxygen atoms in total. The number of amides is 2. The highest BCUT2D eigenvalue weighted by Gasteiger charge is 2.08. The van der Waals surface area contributed by atoms with Crippen LogP contribution in [0.15, 0.2) is 24.3 Å². The van der Waals surface area contributed by atoms with Gasteiger partial charge >= 0.3 is 0 Å². The lowest BCUT2D eigenvalue weighted by Gasteiger charge is -2.10. The van der Waals surface area contributed by atoms with Crippen LogP contribution in [0.2, 0.25) is 0 Å². The van der Waals surface area contributed by atoms with Gasteiger partial charge in [-0.05, 0) is 36.6 Å². The third-order valence-corrected chi connectivity index (χ3v) is 5.02. The van der Waals surface area contributed by atoms with E-state index >= 15 is 0 Å². The van der Waals surface area contributed by atoms with E-state index in [-0.39, 0.29) is 11.8 Å². The van der Waals surface area contributed by atoms with Crippen LogP contribution in [0.3, 0.4) is 0 Å². The highest BCUT2D eigenvalue weighted by atomic mass is 16.5. The van der Waals surface area contributed by atoms with Gasteiger partial charge in [-0.1, -0.05) is 85.0 Å². The summed E-state index contributed by atoms with van der Waals surface area (Å²) in [5.41, 5.74) is 5.47. The van der Waals surface area contributed by atoms with Gasteiger partial charge in [-0.15, -0.1) is 0 Å². The fourth-order valence-corrected chi connectivity index (χ4v) is 3.18. The van der Waals surface area contributed by atoms with Gasteiger partial charge in [0.05, 0.1) is 6.61 Å². The maximum atomic E-state index is 12.1. The Morgan fingerprint density at radius 3 is 1.87 bits per heavy atom. The van der Waals surface area contributed by atoms with Gasteiger partial charge < -0.3 is 4.74 Å². The van der Waals surface area contributed by atoms with Crippen LogP contribution in [0.1, 0.15) is 108 Å². The quantitative estimate of drug-likeness (QED) is 0.249. The second kappa shape index (κ2) is 16.7. The van der Waals surface area contributed by atoms with Crippen LogP contribution in [0, 0.1) is 5.92 Å². The molecule has 30 heavy (non-hydrogen) atoms. The third kappa shape index (κ3) is 13.2. The third-order valence-electron chi connectivity index (χ3n) is 5.02. The first-order valence-corrected chi connectivity index (χ1v) is 11.8. The topological polar surface area (TPSA) is 67.4 Å². The SMILES string of the molecule is CCCCCCCCCCCCCC(=O)NNC(=O)c1ccc(OCC(C)C)cc1. The number of unbranched alkanes of at least 4 members (excludes halogenated alkanes) is 10. The first-order chi connectivity index (χ1) is 14.5. The number of carbonyl (C=O) groups excluding carboxylic acids is 2. The molecule has 0 saturated carbocycles. The van der Waals surface area contributed by atoms with Crippen LogP contribution < -0.4 is 15.6 Å². The van der Waals surface area contributed by atoms with Gasteiger partial charge in [-0.3, -0.25) is 20.4 Å². The molecule has 1 aromatic rings. The Morgan fingerprint density at radius 1 is 0.800 bits per heavy atom. The van der Waals surface area contributed by atoms with E-state index in [1.54, 1.807) is 24.3 Å². The maximum Gasteiger partial charge on any atom is 0.269 e. The molecular formula is C25H42N2O3. The van der Waals surface area contributed by atoms with Crippen molar-refractivity contribution in [1.29, 1.82) is 0 Å². The summed E-state index contributed by atoms with van der Waals surface area (Å²) >= 11 is 0. The van der Waals surface area contributed by atoms with Gasteiger partial charge in [0.1, 0.15) is 5.75 Å². The molecule has 2 amide bonds. The predicted octanol–water partition coefficient (Wildman–Crippen LogP) is 6.18. The zero-order valence-electron chi connectivity index (χ0n) is 19.3. The average Bonchev–Trinajstić information content (AvgIpc) is 2.74. The Labute approximate surface area is 183 Å². The summed E-state index contributed by atoms with van der Waals surface area (Å²) in [6, 6.07) is 6.93. The summed E-state index contributed by atoms with van der Waals surface area (Å²) in [6.45, 7) is 7.06. The minimum atomic E-state index is -0.322. The largest absolute Gasteiger partial charge is 0.493 e. The molecule has 0 heterocycles. The minimum absolute atomic E-state index is 0.142. The minimum Gasteiger partial charge on any atom is -0.493 e. The molecule has 1 aromatic carbocycles. The van der Waals surface area contributed by atoms with E-state index in [2.05, 4.69) is 31.6 Å². The van der Waals surface area contributed by atoms with Crippen LogP contribution in [-0.2, 0) is 4.79 Å². The summed E-state index contributed by atoms with van der Waals surface area (Å²) in [7, 11) is 0. The van der Waals surface area contributed by atoms with Gasteiger partial charge in [0.15, 0.2) is 0 Å². The summed E-state index contributed by atoms with van der Waals surface area (Å²) in [5.74, 6) is 0.721. The number of benzene rings is 1. The molecule has 0 bridgehead atoms. The number of rotatable bonds is 16. The molecule has 0 saturated heterocycles. The summed E-state index contributed by atoms with van der Waals surface area (Å²) in [5, 5.41) is 0. The standard InChI is InChI=1S/C25H42N2O3/c1-4-5-6-7-8-9-10-11-12-13-14-15-24(28)26-27-25(29)22-16-18-23(19-17-22)30-20-21(2)3/h16-19,21H,4-15,20H2,1-3H3,(H,26,28)(H,27,29). The van der Waals surface area contributed by atoms with Crippen LogP contribution in [0.25, 0.3) is 0 Å².